The van der Waals surface area contributed by atoms with Crippen molar-refractivity contribution in [1.29, 1.82) is 0 Å². The van der Waals surface area contributed by atoms with Crippen LogP contribution in [0.15, 0.2) is 29.2 Å². The first-order valence-electron chi connectivity index (χ1n) is 5.03. The molecule has 88 valence electrons. The lowest BCUT2D eigenvalue weighted by atomic mass is 10.2. The number of rotatable bonds is 3. The van der Waals surface area contributed by atoms with Gasteiger partial charge in [-0.15, -0.1) is 0 Å². The van der Waals surface area contributed by atoms with E-state index < -0.39 is 10.0 Å². The highest BCUT2D eigenvalue weighted by atomic mass is 32.2. The van der Waals surface area contributed by atoms with Gasteiger partial charge in [0.25, 0.3) is 0 Å². The summed E-state index contributed by atoms with van der Waals surface area (Å²) < 4.78 is 27.5. The molecule has 1 aliphatic heterocycles. The summed E-state index contributed by atoms with van der Waals surface area (Å²) in [6.45, 7) is 1.39. The molecule has 1 aromatic rings. The largest absolute Gasteiger partial charge is 0.380 e. The molecule has 6 heteroatoms. The van der Waals surface area contributed by atoms with E-state index in [0.29, 0.717) is 6.61 Å². The van der Waals surface area contributed by atoms with Gasteiger partial charge in [0.15, 0.2) is 0 Å². The van der Waals surface area contributed by atoms with E-state index in [2.05, 4.69) is 5.32 Å². The highest BCUT2D eigenvalue weighted by molar-refractivity contribution is 7.89. The molecule has 1 heterocycles. The number of nitrogens with one attached hydrogen (secondary N) is 1. The van der Waals surface area contributed by atoms with Crippen molar-refractivity contribution in [3.8, 4) is 0 Å². The van der Waals surface area contributed by atoms with Crippen LogP contribution < -0.4 is 10.5 Å². The topological polar surface area (TPSA) is 81.4 Å². The normalized spacial score (nSPS) is 20.9. The molecular formula is C10H14N2O3S. The standard InChI is InChI=1S/C10H14N2O3S/c11-16(13,14)10-3-1-2-8(6-10)12-9-4-5-15-7-9/h1-3,6,9,12H,4-5,7H2,(H2,11,13,14). The summed E-state index contributed by atoms with van der Waals surface area (Å²) >= 11 is 0. The zero-order valence-corrected chi connectivity index (χ0v) is 9.53. The lowest BCUT2D eigenvalue weighted by Gasteiger charge is -2.12. The summed E-state index contributed by atoms with van der Waals surface area (Å²) in [6, 6.07) is 6.74. The minimum absolute atomic E-state index is 0.122. The fourth-order valence-corrected chi connectivity index (χ4v) is 2.21. The predicted molar refractivity (Wildman–Crippen MR) is 60.7 cm³/mol. The van der Waals surface area contributed by atoms with Crippen molar-refractivity contribution in [3.05, 3.63) is 24.3 Å². The molecular weight excluding hydrogens is 228 g/mol. The van der Waals surface area contributed by atoms with Gasteiger partial charge in [-0.05, 0) is 24.6 Å². The average Bonchev–Trinajstić information content (AvgIpc) is 2.70. The molecule has 0 radical (unpaired) electrons. The molecule has 1 unspecified atom stereocenters. The Morgan fingerprint density at radius 2 is 2.25 bits per heavy atom. The van der Waals surface area contributed by atoms with Gasteiger partial charge < -0.3 is 10.1 Å². The number of ether oxygens (including phenoxy) is 1. The number of hydrogen-bond acceptors (Lipinski definition) is 4. The first-order chi connectivity index (χ1) is 7.55. The smallest absolute Gasteiger partial charge is 0.238 e. The number of primary sulfonamides is 1. The summed E-state index contributed by atoms with van der Waals surface area (Å²) in [7, 11) is -3.63. The van der Waals surface area contributed by atoms with Crippen LogP contribution in [0.1, 0.15) is 6.42 Å². The molecule has 1 fully saturated rings. The van der Waals surface area contributed by atoms with Crippen molar-refractivity contribution in [3.63, 3.8) is 0 Å². The van der Waals surface area contributed by atoms with E-state index in [0.717, 1.165) is 18.7 Å². The van der Waals surface area contributed by atoms with E-state index in [-0.39, 0.29) is 10.9 Å². The number of sulfonamides is 1. The Labute approximate surface area is 94.6 Å². The Morgan fingerprint density at radius 3 is 2.88 bits per heavy atom. The van der Waals surface area contributed by atoms with Crippen molar-refractivity contribution in [2.75, 3.05) is 18.5 Å². The second kappa shape index (κ2) is 4.40. The summed E-state index contributed by atoms with van der Waals surface area (Å²) in [6.07, 6.45) is 0.930. The van der Waals surface area contributed by atoms with Gasteiger partial charge >= 0.3 is 0 Å². The molecule has 1 atom stereocenters. The van der Waals surface area contributed by atoms with Crippen LogP contribution in [0.3, 0.4) is 0 Å². The molecule has 1 aliphatic rings. The third kappa shape index (κ3) is 2.72. The van der Waals surface area contributed by atoms with Crippen LogP contribution in [0.25, 0.3) is 0 Å². The van der Waals surface area contributed by atoms with Gasteiger partial charge in [0.2, 0.25) is 10.0 Å². The van der Waals surface area contributed by atoms with Crippen LogP contribution in [0.2, 0.25) is 0 Å². The molecule has 3 N–H and O–H groups in total. The van der Waals surface area contributed by atoms with Crippen LogP contribution in [0.4, 0.5) is 5.69 Å². The molecule has 0 aliphatic carbocycles. The summed E-state index contributed by atoms with van der Waals surface area (Å²) in [4.78, 5) is 0.122. The molecule has 0 aromatic heterocycles. The summed E-state index contributed by atoms with van der Waals surface area (Å²) in [5.74, 6) is 0. The third-order valence-electron chi connectivity index (χ3n) is 2.46. The molecule has 0 saturated carbocycles. The van der Waals surface area contributed by atoms with Gasteiger partial charge in [-0.1, -0.05) is 6.07 Å². The zero-order chi connectivity index (χ0) is 11.6. The highest BCUT2D eigenvalue weighted by Gasteiger charge is 2.15. The SMILES string of the molecule is NS(=O)(=O)c1cccc(NC2CCOC2)c1. The van der Waals surface area contributed by atoms with E-state index in [1.165, 1.54) is 12.1 Å². The second-order valence-electron chi connectivity index (χ2n) is 3.78. The molecule has 0 amide bonds. The molecule has 16 heavy (non-hydrogen) atoms. The van der Waals surface area contributed by atoms with Crippen molar-refractivity contribution < 1.29 is 13.2 Å². The van der Waals surface area contributed by atoms with E-state index >= 15 is 0 Å². The van der Waals surface area contributed by atoms with Crippen LogP contribution >= 0.6 is 0 Å². The summed E-state index contributed by atoms with van der Waals surface area (Å²) in [5, 5.41) is 8.26. The maximum atomic E-state index is 11.1. The number of nitrogens with two attached hydrogens (primary N) is 1. The van der Waals surface area contributed by atoms with Gasteiger partial charge in [0, 0.05) is 12.3 Å². The monoisotopic (exact) mass is 242 g/mol. The maximum Gasteiger partial charge on any atom is 0.238 e. The molecule has 1 aromatic carbocycles. The lowest BCUT2D eigenvalue weighted by molar-refractivity contribution is 0.195. The predicted octanol–water partition coefficient (Wildman–Crippen LogP) is 0.535. The van der Waals surface area contributed by atoms with Crippen LogP contribution in [0, 0.1) is 0 Å². The highest BCUT2D eigenvalue weighted by Crippen LogP contribution is 2.17. The molecule has 2 rings (SSSR count). The van der Waals surface area contributed by atoms with Crippen LogP contribution in [0.5, 0.6) is 0 Å². The molecule has 5 nitrogen and oxygen atoms in total. The minimum atomic E-state index is -3.63. The number of benzene rings is 1. The van der Waals surface area contributed by atoms with Gasteiger partial charge in [0.1, 0.15) is 0 Å². The minimum Gasteiger partial charge on any atom is -0.380 e. The quantitative estimate of drug-likeness (QED) is 0.810. The molecule has 0 spiro atoms. The van der Waals surface area contributed by atoms with Gasteiger partial charge in [-0.3, -0.25) is 0 Å². The lowest BCUT2D eigenvalue weighted by Crippen LogP contribution is -2.19. The number of hydrogen-bond donors (Lipinski definition) is 2. The Hall–Kier alpha value is -1.11. The number of anilines is 1. The van der Waals surface area contributed by atoms with Crippen molar-refractivity contribution in [2.45, 2.75) is 17.4 Å². The van der Waals surface area contributed by atoms with Gasteiger partial charge in [-0.25, -0.2) is 13.6 Å². The Morgan fingerprint density at radius 1 is 1.44 bits per heavy atom. The van der Waals surface area contributed by atoms with Crippen molar-refractivity contribution in [2.24, 2.45) is 5.14 Å². The van der Waals surface area contributed by atoms with Crippen LogP contribution in [-0.4, -0.2) is 27.7 Å². The van der Waals surface area contributed by atoms with E-state index in [4.69, 9.17) is 9.88 Å². The van der Waals surface area contributed by atoms with E-state index in [1.807, 2.05) is 6.07 Å². The Kier molecular flexibility index (Phi) is 3.13. The molecule has 1 saturated heterocycles. The van der Waals surface area contributed by atoms with E-state index in [1.54, 1.807) is 6.07 Å². The average molecular weight is 242 g/mol. The van der Waals surface area contributed by atoms with E-state index in [9.17, 15) is 8.42 Å². The summed E-state index contributed by atoms with van der Waals surface area (Å²) in [5.41, 5.74) is 0.752. The Balaban J connectivity index is 2.16. The first kappa shape index (κ1) is 11.4. The fraction of sp³-hybridized carbons (Fsp3) is 0.400. The van der Waals surface area contributed by atoms with Gasteiger partial charge in [-0.2, -0.15) is 0 Å². The second-order valence-corrected chi connectivity index (χ2v) is 5.34. The van der Waals surface area contributed by atoms with Crippen LogP contribution in [-0.2, 0) is 14.8 Å². The zero-order valence-electron chi connectivity index (χ0n) is 8.72. The third-order valence-corrected chi connectivity index (χ3v) is 3.37. The van der Waals surface area contributed by atoms with Crippen molar-refractivity contribution in [1.82, 2.24) is 0 Å². The Bertz CT molecular complexity index is 467. The molecule has 0 bridgehead atoms. The fourth-order valence-electron chi connectivity index (χ4n) is 1.65. The van der Waals surface area contributed by atoms with Gasteiger partial charge in [0.05, 0.1) is 17.5 Å². The first-order valence-corrected chi connectivity index (χ1v) is 6.57. The maximum absolute atomic E-state index is 11.1. The van der Waals surface area contributed by atoms with Crippen molar-refractivity contribution >= 4 is 15.7 Å².